The van der Waals surface area contributed by atoms with Crippen LogP contribution in [0.5, 0.6) is 0 Å². The SMILES string of the molecule is CC(=O)Nc1ccc(/C=C\C(=O)N2CCS[C@H](C(C)C)C2)cc1. The van der Waals surface area contributed by atoms with Crippen LogP contribution in [0.3, 0.4) is 0 Å². The summed E-state index contributed by atoms with van der Waals surface area (Å²) in [6, 6.07) is 7.44. The standard InChI is InChI=1S/C18H24N2O2S/c1-13(2)17-12-20(10-11-23-17)18(22)9-6-15-4-7-16(8-5-15)19-14(3)21/h4-9,13,17H,10-12H2,1-3H3,(H,19,21)/b9-6-/t17-/m0/s1. The zero-order valence-corrected chi connectivity index (χ0v) is 14.7. The van der Waals surface area contributed by atoms with Crippen molar-refractivity contribution in [1.82, 2.24) is 4.90 Å². The average molecular weight is 332 g/mol. The van der Waals surface area contributed by atoms with Crippen molar-refractivity contribution in [2.75, 3.05) is 24.2 Å². The molecule has 1 saturated heterocycles. The Hall–Kier alpha value is -1.75. The highest BCUT2D eigenvalue weighted by molar-refractivity contribution is 8.00. The number of nitrogens with zero attached hydrogens (tertiary/aromatic N) is 1. The van der Waals surface area contributed by atoms with Gasteiger partial charge in [0.1, 0.15) is 0 Å². The highest BCUT2D eigenvalue weighted by atomic mass is 32.2. The molecule has 0 aliphatic carbocycles. The van der Waals surface area contributed by atoms with Crippen LogP contribution in [0.15, 0.2) is 30.3 Å². The van der Waals surface area contributed by atoms with Gasteiger partial charge in [0.05, 0.1) is 0 Å². The fourth-order valence-electron chi connectivity index (χ4n) is 2.43. The number of amides is 2. The third kappa shape index (κ3) is 5.43. The highest BCUT2D eigenvalue weighted by Gasteiger charge is 2.24. The molecule has 2 amide bonds. The van der Waals surface area contributed by atoms with Crippen LogP contribution in [-0.4, -0.2) is 40.8 Å². The van der Waals surface area contributed by atoms with Gasteiger partial charge in [-0.15, -0.1) is 0 Å². The molecule has 0 unspecified atom stereocenters. The molecule has 1 N–H and O–H groups in total. The van der Waals surface area contributed by atoms with Crippen LogP contribution >= 0.6 is 11.8 Å². The maximum atomic E-state index is 12.3. The van der Waals surface area contributed by atoms with Gasteiger partial charge in [0.15, 0.2) is 0 Å². The Morgan fingerprint density at radius 2 is 2.00 bits per heavy atom. The molecule has 0 bridgehead atoms. The first-order valence-electron chi connectivity index (χ1n) is 7.92. The second-order valence-electron chi connectivity index (χ2n) is 6.07. The van der Waals surface area contributed by atoms with Crippen molar-refractivity contribution < 1.29 is 9.59 Å². The van der Waals surface area contributed by atoms with E-state index in [1.807, 2.05) is 47.0 Å². The third-order valence-electron chi connectivity index (χ3n) is 3.80. The van der Waals surface area contributed by atoms with Crippen molar-refractivity contribution in [2.45, 2.75) is 26.0 Å². The van der Waals surface area contributed by atoms with Crippen molar-refractivity contribution in [3.63, 3.8) is 0 Å². The van der Waals surface area contributed by atoms with Gasteiger partial charge < -0.3 is 10.2 Å². The van der Waals surface area contributed by atoms with E-state index in [0.717, 1.165) is 30.1 Å². The van der Waals surface area contributed by atoms with Gasteiger partial charge in [-0.3, -0.25) is 9.59 Å². The van der Waals surface area contributed by atoms with Gasteiger partial charge in [-0.1, -0.05) is 26.0 Å². The molecule has 1 aliphatic rings. The molecule has 124 valence electrons. The van der Waals surface area contributed by atoms with Crippen LogP contribution in [0.2, 0.25) is 0 Å². The molecule has 1 fully saturated rings. The number of thioether (sulfide) groups is 1. The molecule has 1 heterocycles. The Morgan fingerprint density at radius 1 is 1.30 bits per heavy atom. The average Bonchev–Trinajstić information content (AvgIpc) is 2.53. The number of carbonyl (C=O) groups is 2. The summed E-state index contributed by atoms with van der Waals surface area (Å²) in [7, 11) is 0. The maximum absolute atomic E-state index is 12.3. The van der Waals surface area contributed by atoms with E-state index < -0.39 is 0 Å². The molecule has 1 aromatic rings. The molecule has 0 saturated carbocycles. The number of hydrogen-bond acceptors (Lipinski definition) is 3. The van der Waals surface area contributed by atoms with E-state index in [-0.39, 0.29) is 11.8 Å². The van der Waals surface area contributed by atoms with Crippen molar-refractivity contribution in [1.29, 1.82) is 0 Å². The molecule has 0 radical (unpaired) electrons. The normalized spacial score (nSPS) is 18.4. The summed E-state index contributed by atoms with van der Waals surface area (Å²) < 4.78 is 0. The maximum Gasteiger partial charge on any atom is 0.246 e. The van der Waals surface area contributed by atoms with E-state index in [9.17, 15) is 9.59 Å². The molecule has 4 nitrogen and oxygen atoms in total. The van der Waals surface area contributed by atoms with Crippen LogP contribution in [0.1, 0.15) is 26.3 Å². The summed E-state index contributed by atoms with van der Waals surface area (Å²) in [6.45, 7) is 7.54. The Labute approximate surface area is 142 Å². The molecule has 1 aromatic carbocycles. The Kier molecular flexibility index (Phi) is 6.28. The van der Waals surface area contributed by atoms with Gasteiger partial charge in [0.25, 0.3) is 0 Å². The number of anilines is 1. The lowest BCUT2D eigenvalue weighted by Crippen LogP contribution is -2.42. The molecule has 0 aromatic heterocycles. The van der Waals surface area contributed by atoms with E-state index in [0.29, 0.717) is 11.2 Å². The third-order valence-corrected chi connectivity index (χ3v) is 5.34. The Morgan fingerprint density at radius 3 is 2.61 bits per heavy atom. The van der Waals surface area contributed by atoms with Gasteiger partial charge in [0, 0.05) is 42.8 Å². The van der Waals surface area contributed by atoms with Crippen LogP contribution in [0, 0.1) is 5.92 Å². The van der Waals surface area contributed by atoms with E-state index in [2.05, 4.69) is 19.2 Å². The molecular formula is C18H24N2O2S. The lowest BCUT2D eigenvalue weighted by molar-refractivity contribution is -0.126. The molecule has 1 atom stereocenters. The molecular weight excluding hydrogens is 308 g/mol. The van der Waals surface area contributed by atoms with E-state index in [1.165, 1.54) is 6.92 Å². The van der Waals surface area contributed by atoms with E-state index in [1.54, 1.807) is 6.08 Å². The van der Waals surface area contributed by atoms with E-state index >= 15 is 0 Å². The minimum atomic E-state index is -0.0915. The first-order chi connectivity index (χ1) is 11.0. The topological polar surface area (TPSA) is 49.4 Å². The van der Waals surface area contributed by atoms with Gasteiger partial charge in [-0.05, 0) is 29.7 Å². The number of carbonyl (C=O) groups excluding carboxylic acids is 2. The summed E-state index contributed by atoms with van der Waals surface area (Å²) in [6.07, 6.45) is 3.47. The minimum absolute atomic E-state index is 0.0712. The van der Waals surface area contributed by atoms with Crippen molar-refractivity contribution in [2.24, 2.45) is 5.92 Å². The molecule has 23 heavy (non-hydrogen) atoms. The lowest BCUT2D eigenvalue weighted by Gasteiger charge is -2.33. The first kappa shape index (κ1) is 17.6. The molecule has 2 rings (SSSR count). The van der Waals surface area contributed by atoms with Crippen LogP contribution in [-0.2, 0) is 9.59 Å². The van der Waals surface area contributed by atoms with Crippen LogP contribution in [0.4, 0.5) is 5.69 Å². The zero-order chi connectivity index (χ0) is 16.8. The van der Waals surface area contributed by atoms with Gasteiger partial charge >= 0.3 is 0 Å². The molecule has 1 aliphatic heterocycles. The van der Waals surface area contributed by atoms with Crippen LogP contribution in [0.25, 0.3) is 6.08 Å². The molecule has 0 spiro atoms. The number of hydrogen-bond donors (Lipinski definition) is 1. The van der Waals surface area contributed by atoms with Gasteiger partial charge in [-0.25, -0.2) is 0 Å². The number of rotatable bonds is 4. The zero-order valence-electron chi connectivity index (χ0n) is 13.9. The summed E-state index contributed by atoms with van der Waals surface area (Å²) in [4.78, 5) is 25.2. The quantitative estimate of drug-likeness (QED) is 0.861. The van der Waals surface area contributed by atoms with Crippen LogP contribution < -0.4 is 5.32 Å². The Balaban J connectivity index is 1.93. The fraction of sp³-hybridized carbons (Fsp3) is 0.444. The summed E-state index contributed by atoms with van der Waals surface area (Å²) in [5, 5.41) is 3.25. The van der Waals surface area contributed by atoms with Gasteiger partial charge in [0.2, 0.25) is 11.8 Å². The highest BCUT2D eigenvalue weighted by Crippen LogP contribution is 2.25. The van der Waals surface area contributed by atoms with Crippen molar-refractivity contribution in [3.05, 3.63) is 35.9 Å². The first-order valence-corrected chi connectivity index (χ1v) is 8.97. The van der Waals surface area contributed by atoms with Crippen molar-refractivity contribution >= 4 is 35.3 Å². The number of benzene rings is 1. The second-order valence-corrected chi connectivity index (χ2v) is 7.42. The summed E-state index contributed by atoms with van der Waals surface area (Å²) in [5.41, 5.74) is 1.70. The smallest absolute Gasteiger partial charge is 0.246 e. The fourth-order valence-corrected chi connectivity index (χ4v) is 3.73. The minimum Gasteiger partial charge on any atom is -0.337 e. The number of nitrogens with one attached hydrogen (secondary N) is 1. The molecule has 5 heteroatoms. The largest absolute Gasteiger partial charge is 0.337 e. The Bertz CT molecular complexity index is 581. The van der Waals surface area contributed by atoms with Gasteiger partial charge in [-0.2, -0.15) is 11.8 Å². The van der Waals surface area contributed by atoms with Crippen molar-refractivity contribution in [3.8, 4) is 0 Å². The summed E-state index contributed by atoms with van der Waals surface area (Å²) >= 11 is 1.96. The monoisotopic (exact) mass is 332 g/mol. The van der Waals surface area contributed by atoms with E-state index in [4.69, 9.17) is 0 Å². The predicted octanol–water partition coefficient (Wildman–Crippen LogP) is 3.26. The second kappa shape index (κ2) is 8.20. The predicted molar refractivity (Wildman–Crippen MR) is 97.4 cm³/mol. The lowest BCUT2D eigenvalue weighted by atomic mass is 10.1. The summed E-state index contributed by atoms with van der Waals surface area (Å²) in [5.74, 6) is 1.57.